The topological polar surface area (TPSA) is 38.7 Å². The van der Waals surface area contributed by atoms with Gasteiger partial charge in [0.2, 0.25) is 0 Å². The molecule has 0 aromatic heterocycles. The maximum atomic E-state index is 11.9. The largest absolute Gasteiger partial charge is 0.399 e. The van der Waals surface area contributed by atoms with E-state index < -0.39 is 0 Å². The van der Waals surface area contributed by atoms with Crippen LogP contribution in [0.1, 0.15) is 24.5 Å². The molecular weight excluding hydrogens is 301 g/mol. The van der Waals surface area contributed by atoms with Gasteiger partial charge in [-0.15, -0.1) is 0 Å². The van der Waals surface area contributed by atoms with Gasteiger partial charge in [0, 0.05) is 22.4 Å². The number of Topliss-reactive ketones (excluding diaryl/α,β-unsaturated/α-hetero) is 1. The number of benzene rings is 1. The van der Waals surface area contributed by atoms with Gasteiger partial charge in [-0.05, 0) is 39.9 Å². The molecule has 3 nitrogen and oxygen atoms in total. The second-order valence-corrected chi connectivity index (χ2v) is 4.80. The first-order valence-electron chi connectivity index (χ1n) is 5.46. The summed E-state index contributed by atoms with van der Waals surface area (Å²) in [5, 5.41) is 3.82. The standard InChI is InChI=1S/C13H13ClNO2PS/c1-3-11(16)13(15-17-2)10-8-9(6-7-18)4-5-12(10)19-14/h4-5,8H,3,18H2,1-2H3/b15-13+. The molecule has 0 aliphatic heterocycles. The van der Waals surface area contributed by atoms with Crippen molar-refractivity contribution in [2.45, 2.75) is 18.2 Å². The fourth-order valence-corrected chi connectivity index (χ4v) is 2.38. The van der Waals surface area contributed by atoms with Crippen LogP contribution >= 0.6 is 30.9 Å². The van der Waals surface area contributed by atoms with Crippen molar-refractivity contribution < 1.29 is 9.63 Å². The normalized spacial score (nSPS) is 10.6. The summed E-state index contributed by atoms with van der Waals surface area (Å²) in [5.41, 5.74) is 4.42. The Morgan fingerprint density at radius 3 is 2.84 bits per heavy atom. The van der Waals surface area contributed by atoms with E-state index in [4.69, 9.17) is 15.5 Å². The predicted molar refractivity (Wildman–Crippen MR) is 83.6 cm³/mol. The highest BCUT2D eigenvalue weighted by Gasteiger charge is 2.17. The lowest BCUT2D eigenvalue weighted by Crippen LogP contribution is -2.16. The van der Waals surface area contributed by atoms with Gasteiger partial charge in [0.05, 0.1) is 0 Å². The lowest BCUT2D eigenvalue weighted by molar-refractivity contribution is -0.112. The van der Waals surface area contributed by atoms with Crippen molar-refractivity contribution in [3.8, 4) is 11.6 Å². The highest BCUT2D eigenvalue weighted by molar-refractivity contribution is 8.21. The van der Waals surface area contributed by atoms with Crippen LogP contribution in [0.2, 0.25) is 0 Å². The van der Waals surface area contributed by atoms with E-state index in [1.165, 1.54) is 7.11 Å². The molecule has 0 amide bonds. The van der Waals surface area contributed by atoms with Crippen molar-refractivity contribution in [2.75, 3.05) is 7.11 Å². The molecule has 0 aliphatic carbocycles. The Labute approximate surface area is 123 Å². The Kier molecular flexibility index (Phi) is 6.94. The lowest BCUT2D eigenvalue weighted by Gasteiger charge is -2.08. The Balaban J connectivity index is 3.41. The number of carbonyl (C=O) groups excluding carboxylic acids is 1. The number of ketones is 1. The Morgan fingerprint density at radius 2 is 2.32 bits per heavy atom. The number of carbonyl (C=O) groups is 1. The zero-order valence-electron chi connectivity index (χ0n) is 10.6. The van der Waals surface area contributed by atoms with E-state index in [9.17, 15) is 4.79 Å². The highest BCUT2D eigenvalue weighted by Crippen LogP contribution is 2.28. The third kappa shape index (κ3) is 4.24. The van der Waals surface area contributed by atoms with Gasteiger partial charge in [-0.1, -0.05) is 32.9 Å². The first-order valence-corrected chi connectivity index (χ1v) is 7.68. The second-order valence-electron chi connectivity index (χ2n) is 3.46. The van der Waals surface area contributed by atoms with Crippen LogP contribution in [0.4, 0.5) is 0 Å². The summed E-state index contributed by atoms with van der Waals surface area (Å²) in [4.78, 5) is 17.4. The summed E-state index contributed by atoms with van der Waals surface area (Å²) in [6, 6.07) is 5.44. The first kappa shape index (κ1) is 16.0. The monoisotopic (exact) mass is 313 g/mol. The van der Waals surface area contributed by atoms with Gasteiger partial charge in [-0.2, -0.15) is 0 Å². The van der Waals surface area contributed by atoms with Crippen LogP contribution < -0.4 is 0 Å². The minimum atomic E-state index is -0.107. The molecule has 19 heavy (non-hydrogen) atoms. The van der Waals surface area contributed by atoms with Crippen LogP contribution in [0, 0.1) is 11.6 Å². The third-order valence-corrected chi connectivity index (χ3v) is 3.47. The number of rotatable bonds is 5. The summed E-state index contributed by atoms with van der Waals surface area (Å²) in [5.74, 6) is 2.80. The molecule has 100 valence electrons. The van der Waals surface area contributed by atoms with Crippen LogP contribution in [0.15, 0.2) is 28.3 Å². The van der Waals surface area contributed by atoms with Gasteiger partial charge in [-0.25, -0.2) is 0 Å². The molecule has 1 atom stereocenters. The number of halogens is 1. The molecule has 1 aromatic rings. The summed E-state index contributed by atoms with van der Waals surface area (Å²) in [6.45, 7) is 1.77. The average Bonchev–Trinajstić information content (AvgIpc) is 2.44. The molecule has 6 heteroatoms. The minimum absolute atomic E-state index is 0.107. The fourth-order valence-electron chi connectivity index (χ4n) is 1.45. The molecule has 0 saturated carbocycles. The molecular formula is C13H13ClNO2PS. The van der Waals surface area contributed by atoms with E-state index in [1.54, 1.807) is 13.0 Å². The second kappa shape index (κ2) is 8.22. The van der Waals surface area contributed by atoms with Gasteiger partial charge in [0.1, 0.15) is 7.11 Å². The van der Waals surface area contributed by atoms with Crippen molar-refractivity contribution in [1.82, 2.24) is 0 Å². The number of hydrogen-bond donors (Lipinski definition) is 0. The van der Waals surface area contributed by atoms with Gasteiger partial charge in [-0.3, -0.25) is 4.79 Å². The van der Waals surface area contributed by atoms with Crippen molar-refractivity contribution >= 4 is 42.4 Å². The zero-order valence-corrected chi connectivity index (χ0v) is 13.3. The summed E-state index contributed by atoms with van der Waals surface area (Å²) < 4.78 is 0. The molecule has 0 N–H and O–H groups in total. The molecule has 0 aliphatic rings. The van der Waals surface area contributed by atoms with E-state index in [1.807, 2.05) is 12.1 Å². The highest BCUT2D eigenvalue weighted by atomic mass is 35.7. The molecule has 0 spiro atoms. The molecule has 0 saturated heterocycles. The van der Waals surface area contributed by atoms with Crippen molar-refractivity contribution in [3.05, 3.63) is 29.3 Å². The zero-order chi connectivity index (χ0) is 14.3. The SMILES string of the molecule is CCC(=O)/C(=N/OC)c1cc(C#CP)ccc1SCl. The Bertz CT molecular complexity index is 563. The van der Waals surface area contributed by atoms with Crippen LogP contribution in [-0.4, -0.2) is 18.6 Å². The molecule has 0 bridgehead atoms. The molecule has 0 fully saturated rings. The summed E-state index contributed by atoms with van der Waals surface area (Å²) >= 11 is 0. The molecule has 1 rings (SSSR count). The minimum Gasteiger partial charge on any atom is -0.399 e. The third-order valence-electron chi connectivity index (χ3n) is 2.30. The fraction of sp³-hybridized carbons (Fsp3) is 0.231. The van der Waals surface area contributed by atoms with E-state index in [2.05, 4.69) is 26.0 Å². The van der Waals surface area contributed by atoms with Crippen molar-refractivity contribution in [2.24, 2.45) is 5.16 Å². The molecule has 1 unspecified atom stereocenters. The van der Waals surface area contributed by atoms with Crippen LogP contribution in [0.5, 0.6) is 0 Å². The maximum Gasteiger partial charge on any atom is 0.184 e. The summed E-state index contributed by atoms with van der Waals surface area (Å²) in [6.07, 6.45) is 0.341. The van der Waals surface area contributed by atoms with E-state index in [-0.39, 0.29) is 11.5 Å². The predicted octanol–water partition coefficient (Wildman–Crippen LogP) is 3.45. The van der Waals surface area contributed by atoms with Crippen molar-refractivity contribution in [3.63, 3.8) is 0 Å². The van der Waals surface area contributed by atoms with Gasteiger partial charge in [0.15, 0.2) is 11.5 Å². The Morgan fingerprint density at radius 1 is 1.58 bits per heavy atom. The molecule has 0 heterocycles. The molecule has 0 radical (unpaired) electrons. The quantitative estimate of drug-likeness (QED) is 0.362. The number of nitrogens with zero attached hydrogens (tertiary/aromatic N) is 1. The number of oxime groups is 1. The number of hydrogen-bond acceptors (Lipinski definition) is 4. The smallest absolute Gasteiger partial charge is 0.184 e. The first-order chi connectivity index (χ1) is 9.17. The summed E-state index contributed by atoms with van der Waals surface area (Å²) in [7, 11) is 10.6. The van der Waals surface area contributed by atoms with Crippen LogP contribution in [0.3, 0.4) is 0 Å². The lowest BCUT2D eigenvalue weighted by atomic mass is 10.0. The maximum absolute atomic E-state index is 11.9. The van der Waals surface area contributed by atoms with E-state index in [0.717, 1.165) is 21.4 Å². The average molecular weight is 314 g/mol. The van der Waals surface area contributed by atoms with Crippen LogP contribution in [0.25, 0.3) is 0 Å². The van der Waals surface area contributed by atoms with Gasteiger partial charge < -0.3 is 4.84 Å². The van der Waals surface area contributed by atoms with Crippen LogP contribution in [-0.2, 0) is 9.63 Å². The van der Waals surface area contributed by atoms with E-state index in [0.29, 0.717) is 12.0 Å². The van der Waals surface area contributed by atoms with Gasteiger partial charge >= 0.3 is 0 Å². The van der Waals surface area contributed by atoms with Gasteiger partial charge in [0.25, 0.3) is 0 Å². The van der Waals surface area contributed by atoms with E-state index >= 15 is 0 Å². The molecule has 1 aromatic carbocycles. The van der Waals surface area contributed by atoms with Crippen molar-refractivity contribution in [1.29, 1.82) is 0 Å². The Hall–Kier alpha value is -1.01.